The van der Waals surface area contributed by atoms with Crippen molar-refractivity contribution in [2.75, 3.05) is 19.6 Å². The number of amides is 1. The van der Waals surface area contributed by atoms with Crippen LogP contribution >= 0.6 is 0 Å². The van der Waals surface area contributed by atoms with Gasteiger partial charge >= 0.3 is 0 Å². The molecule has 18 heavy (non-hydrogen) atoms. The van der Waals surface area contributed by atoms with Crippen LogP contribution in [0.5, 0.6) is 0 Å². The van der Waals surface area contributed by atoms with Gasteiger partial charge in [-0.25, -0.2) is 0 Å². The van der Waals surface area contributed by atoms with Gasteiger partial charge in [-0.3, -0.25) is 4.79 Å². The molecule has 1 aliphatic heterocycles. The summed E-state index contributed by atoms with van der Waals surface area (Å²) in [5.74, 6) is 0.289. The third kappa shape index (κ3) is 3.98. The van der Waals surface area contributed by atoms with Gasteiger partial charge in [0.05, 0.1) is 0 Å². The van der Waals surface area contributed by atoms with E-state index < -0.39 is 0 Å². The molecule has 102 valence electrons. The first-order valence-electron chi connectivity index (χ1n) is 6.97. The Morgan fingerprint density at radius 2 is 2.11 bits per heavy atom. The van der Waals surface area contributed by atoms with Crippen molar-refractivity contribution in [2.24, 2.45) is 5.92 Å². The molecule has 0 radical (unpaired) electrons. The van der Waals surface area contributed by atoms with Crippen molar-refractivity contribution < 1.29 is 4.79 Å². The van der Waals surface area contributed by atoms with Crippen molar-refractivity contribution in [2.45, 2.75) is 38.6 Å². The Kier molecular flexibility index (Phi) is 6.73. The van der Waals surface area contributed by atoms with Crippen LogP contribution in [-0.4, -0.2) is 36.5 Å². The first-order valence-corrected chi connectivity index (χ1v) is 6.97. The summed E-state index contributed by atoms with van der Waals surface area (Å²) >= 11 is 0. The third-order valence-electron chi connectivity index (χ3n) is 3.47. The molecule has 1 amide bonds. The van der Waals surface area contributed by atoms with Gasteiger partial charge in [-0.15, -0.1) is 13.2 Å². The minimum atomic E-state index is 0.0205. The lowest BCUT2D eigenvalue weighted by Crippen LogP contribution is -2.45. The maximum absolute atomic E-state index is 12.6. The molecule has 1 rings (SSSR count). The van der Waals surface area contributed by atoms with E-state index in [1.807, 2.05) is 12.2 Å². The van der Waals surface area contributed by atoms with Crippen LogP contribution in [0, 0.1) is 5.92 Å². The smallest absolute Gasteiger partial charge is 0.226 e. The zero-order valence-electron chi connectivity index (χ0n) is 11.5. The van der Waals surface area contributed by atoms with Gasteiger partial charge in [0.25, 0.3) is 0 Å². The van der Waals surface area contributed by atoms with E-state index in [1.165, 1.54) is 0 Å². The molecule has 1 unspecified atom stereocenters. The second kappa shape index (κ2) is 8.09. The lowest BCUT2D eigenvalue weighted by atomic mass is 9.98. The minimum absolute atomic E-state index is 0.0205. The average Bonchev–Trinajstić information content (AvgIpc) is 2.88. The van der Waals surface area contributed by atoms with Crippen LogP contribution in [0.4, 0.5) is 0 Å². The first-order chi connectivity index (χ1) is 8.74. The van der Waals surface area contributed by atoms with Crippen molar-refractivity contribution >= 4 is 5.91 Å². The molecule has 1 heterocycles. The van der Waals surface area contributed by atoms with E-state index in [-0.39, 0.29) is 11.8 Å². The largest absolute Gasteiger partial charge is 0.338 e. The molecule has 0 aliphatic carbocycles. The second-order valence-electron chi connectivity index (χ2n) is 4.92. The number of nitrogens with one attached hydrogen (secondary N) is 1. The van der Waals surface area contributed by atoms with Crippen LogP contribution < -0.4 is 5.32 Å². The molecule has 0 saturated carbocycles. The van der Waals surface area contributed by atoms with Gasteiger partial charge in [0.2, 0.25) is 5.91 Å². The lowest BCUT2D eigenvalue weighted by Gasteiger charge is -2.31. The molecular weight excluding hydrogens is 224 g/mol. The van der Waals surface area contributed by atoms with Crippen molar-refractivity contribution in [1.82, 2.24) is 10.2 Å². The highest BCUT2D eigenvalue weighted by Crippen LogP contribution is 2.18. The normalized spacial score (nSPS) is 18.9. The summed E-state index contributed by atoms with van der Waals surface area (Å²) in [6.07, 6.45) is 7.24. The van der Waals surface area contributed by atoms with Crippen LogP contribution in [0.1, 0.15) is 32.6 Å². The number of carbonyl (C=O) groups excluding carboxylic acids is 1. The van der Waals surface area contributed by atoms with Gasteiger partial charge in [0.1, 0.15) is 0 Å². The lowest BCUT2D eigenvalue weighted by molar-refractivity contribution is -0.137. The molecule has 1 N–H and O–H groups in total. The molecule has 0 spiro atoms. The second-order valence-corrected chi connectivity index (χ2v) is 4.92. The van der Waals surface area contributed by atoms with E-state index in [9.17, 15) is 4.79 Å². The fourth-order valence-corrected chi connectivity index (χ4v) is 2.55. The fraction of sp³-hybridized carbons (Fsp3) is 0.667. The van der Waals surface area contributed by atoms with E-state index >= 15 is 0 Å². The van der Waals surface area contributed by atoms with E-state index in [1.54, 1.807) is 0 Å². The van der Waals surface area contributed by atoms with Gasteiger partial charge in [0, 0.05) is 25.0 Å². The predicted molar refractivity (Wildman–Crippen MR) is 76.4 cm³/mol. The summed E-state index contributed by atoms with van der Waals surface area (Å²) in [6.45, 7) is 12.4. The van der Waals surface area contributed by atoms with Gasteiger partial charge in [0.15, 0.2) is 0 Å². The topological polar surface area (TPSA) is 32.3 Å². The van der Waals surface area contributed by atoms with Gasteiger partial charge < -0.3 is 10.2 Å². The van der Waals surface area contributed by atoms with E-state index in [0.717, 1.165) is 45.3 Å². The van der Waals surface area contributed by atoms with Crippen molar-refractivity contribution in [1.29, 1.82) is 0 Å². The number of nitrogens with zero attached hydrogens (tertiary/aromatic N) is 1. The Hall–Kier alpha value is -1.09. The predicted octanol–water partition coefficient (Wildman–Crippen LogP) is 2.36. The third-order valence-corrected chi connectivity index (χ3v) is 3.47. The molecule has 0 aromatic heterocycles. The highest BCUT2D eigenvalue weighted by molar-refractivity contribution is 5.79. The number of carbonyl (C=O) groups is 1. The summed E-state index contributed by atoms with van der Waals surface area (Å²) in [7, 11) is 0. The molecular formula is C15H26N2O. The maximum Gasteiger partial charge on any atom is 0.226 e. The first kappa shape index (κ1) is 15.0. The summed E-state index contributed by atoms with van der Waals surface area (Å²) in [6, 6.07) is 0.370. The Balaban J connectivity index is 2.71. The van der Waals surface area contributed by atoms with Crippen molar-refractivity contribution in [3.8, 4) is 0 Å². The van der Waals surface area contributed by atoms with Crippen LogP contribution in [0.25, 0.3) is 0 Å². The van der Waals surface area contributed by atoms with Crippen LogP contribution in [0.2, 0.25) is 0 Å². The Morgan fingerprint density at radius 3 is 2.56 bits per heavy atom. The quantitative estimate of drug-likeness (QED) is 0.671. The van der Waals surface area contributed by atoms with E-state index in [0.29, 0.717) is 6.04 Å². The van der Waals surface area contributed by atoms with Crippen molar-refractivity contribution in [3.63, 3.8) is 0 Å². The summed E-state index contributed by atoms with van der Waals surface area (Å²) < 4.78 is 0. The summed E-state index contributed by atoms with van der Waals surface area (Å²) in [5, 5.41) is 3.33. The highest BCUT2D eigenvalue weighted by Gasteiger charge is 2.29. The molecule has 1 atom stereocenters. The molecule has 0 bridgehead atoms. The number of hydrogen-bond acceptors (Lipinski definition) is 2. The Labute approximate surface area is 111 Å². The molecule has 0 aromatic carbocycles. The zero-order valence-corrected chi connectivity index (χ0v) is 11.5. The summed E-state index contributed by atoms with van der Waals surface area (Å²) in [5.41, 5.74) is 0. The zero-order chi connectivity index (χ0) is 13.4. The van der Waals surface area contributed by atoms with E-state index in [2.05, 4.69) is 30.3 Å². The van der Waals surface area contributed by atoms with E-state index in [4.69, 9.17) is 0 Å². The molecule has 3 heteroatoms. The SMILES string of the molecule is C=CCC(CC=C)C(=O)N(CCC)C1CCNC1. The van der Waals surface area contributed by atoms with Gasteiger partial charge in [-0.05, 0) is 32.2 Å². The molecule has 1 aliphatic rings. The van der Waals surface area contributed by atoms with Gasteiger partial charge in [-0.2, -0.15) is 0 Å². The molecule has 0 aromatic rings. The monoisotopic (exact) mass is 250 g/mol. The molecule has 1 saturated heterocycles. The fourth-order valence-electron chi connectivity index (χ4n) is 2.55. The van der Waals surface area contributed by atoms with Crippen LogP contribution in [0.15, 0.2) is 25.3 Å². The number of rotatable bonds is 8. The Bertz CT molecular complexity index is 272. The average molecular weight is 250 g/mol. The number of hydrogen-bond donors (Lipinski definition) is 1. The van der Waals surface area contributed by atoms with Gasteiger partial charge in [-0.1, -0.05) is 19.1 Å². The minimum Gasteiger partial charge on any atom is -0.338 e. The summed E-state index contributed by atoms with van der Waals surface area (Å²) in [4.78, 5) is 14.7. The number of allylic oxidation sites excluding steroid dienone is 2. The molecule has 3 nitrogen and oxygen atoms in total. The van der Waals surface area contributed by atoms with Crippen LogP contribution in [0.3, 0.4) is 0 Å². The Morgan fingerprint density at radius 1 is 1.44 bits per heavy atom. The van der Waals surface area contributed by atoms with Crippen LogP contribution in [-0.2, 0) is 4.79 Å². The standard InChI is InChI=1S/C15H26N2O/c1-4-7-13(8-5-2)15(18)17(11-6-3)14-9-10-16-12-14/h4-5,13-14,16H,1-2,6-12H2,3H3. The highest BCUT2D eigenvalue weighted by atomic mass is 16.2. The molecule has 1 fully saturated rings. The maximum atomic E-state index is 12.6. The van der Waals surface area contributed by atoms with Crippen molar-refractivity contribution in [3.05, 3.63) is 25.3 Å².